The number of allylic oxidation sites excluding steroid dienone is 2. The molecule has 0 heteroatoms. The van der Waals surface area contributed by atoms with Crippen molar-refractivity contribution in [3.05, 3.63) is 58.7 Å². The van der Waals surface area contributed by atoms with E-state index in [2.05, 4.69) is 62.4 Å². The van der Waals surface area contributed by atoms with Crippen LogP contribution in [0.3, 0.4) is 0 Å². The highest BCUT2D eigenvalue weighted by atomic mass is 14.1. The van der Waals surface area contributed by atoms with E-state index in [-0.39, 0.29) is 0 Å². The van der Waals surface area contributed by atoms with Gasteiger partial charge in [-0.05, 0) is 53.3 Å². The van der Waals surface area contributed by atoms with E-state index in [4.69, 9.17) is 0 Å². The maximum atomic E-state index is 2.26. The van der Waals surface area contributed by atoms with Gasteiger partial charge in [0.1, 0.15) is 0 Å². The maximum absolute atomic E-state index is 2.26. The summed E-state index contributed by atoms with van der Waals surface area (Å²) in [6.07, 6.45) is 9.96. The smallest absolute Gasteiger partial charge is 0.0103 e. The lowest BCUT2D eigenvalue weighted by Gasteiger charge is -2.10. The van der Waals surface area contributed by atoms with Gasteiger partial charge in [0.05, 0.1) is 0 Å². The van der Waals surface area contributed by atoms with Crippen molar-refractivity contribution < 1.29 is 0 Å². The molecular weight excluding hydrogens is 204 g/mol. The summed E-state index contributed by atoms with van der Waals surface area (Å²) in [5.74, 6) is 0. The van der Waals surface area contributed by atoms with E-state index in [9.17, 15) is 0 Å². The Morgan fingerprint density at radius 3 is 2.47 bits per heavy atom. The van der Waals surface area contributed by atoms with Gasteiger partial charge in [-0.2, -0.15) is 0 Å². The molecule has 0 amide bonds. The number of aryl methyl sites for hydroxylation is 2. The van der Waals surface area contributed by atoms with Gasteiger partial charge in [0.2, 0.25) is 0 Å². The average Bonchev–Trinajstić information content (AvgIpc) is 2.58. The van der Waals surface area contributed by atoms with E-state index in [0.29, 0.717) is 0 Å². The van der Waals surface area contributed by atoms with Gasteiger partial charge in [0.15, 0.2) is 0 Å². The SMILES string of the molecule is Cc1ccc2c3c(ccc2c1C)C=CCC=C3. The van der Waals surface area contributed by atoms with Crippen LogP contribution in [0.15, 0.2) is 36.4 Å². The fourth-order valence-electron chi connectivity index (χ4n) is 2.50. The number of benzene rings is 2. The summed E-state index contributed by atoms with van der Waals surface area (Å²) in [6.45, 7) is 4.39. The minimum atomic E-state index is 1.03. The van der Waals surface area contributed by atoms with Gasteiger partial charge in [0.25, 0.3) is 0 Å². The zero-order valence-corrected chi connectivity index (χ0v) is 10.3. The molecule has 0 heterocycles. The summed E-state index contributed by atoms with van der Waals surface area (Å²) in [5.41, 5.74) is 5.45. The monoisotopic (exact) mass is 220 g/mol. The summed E-state index contributed by atoms with van der Waals surface area (Å²) < 4.78 is 0. The lowest BCUT2D eigenvalue weighted by atomic mass is 9.94. The highest BCUT2D eigenvalue weighted by molar-refractivity contribution is 5.96. The molecule has 84 valence electrons. The lowest BCUT2D eigenvalue weighted by molar-refractivity contribution is 1.38. The Labute approximate surface area is 102 Å². The van der Waals surface area contributed by atoms with Crippen molar-refractivity contribution >= 4 is 22.9 Å². The van der Waals surface area contributed by atoms with Gasteiger partial charge in [-0.15, -0.1) is 0 Å². The van der Waals surface area contributed by atoms with Crippen molar-refractivity contribution in [3.8, 4) is 0 Å². The van der Waals surface area contributed by atoms with Crippen LogP contribution in [0.2, 0.25) is 0 Å². The molecule has 0 spiro atoms. The molecule has 17 heavy (non-hydrogen) atoms. The normalized spacial score (nSPS) is 13.8. The van der Waals surface area contributed by atoms with Crippen LogP contribution in [0.25, 0.3) is 22.9 Å². The van der Waals surface area contributed by atoms with E-state index in [1.807, 2.05) is 0 Å². The van der Waals surface area contributed by atoms with Crippen LogP contribution in [-0.4, -0.2) is 0 Å². The molecule has 0 radical (unpaired) electrons. The second-order valence-corrected chi connectivity index (χ2v) is 4.71. The van der Waals surface area contributed by atoms with E-state index >= 15 is 0 Å². The highest BCUT2D eigenvalue weighted by Gasteiger charge is 2.07. The second kappa shape index (κ2) is 3.89. The topological polar surface area (TPSA) is 0 Å². The Balaban J connectivity index is 2.43. The standard InChI is InChI=1S/C17H16/c1-12-8-10-17-15(13(12)2)11-9-14-6-4-3-5-7-16(14)17/h4-11H,3H2,1-2H3. The average molecular weight is 220 g/mol. The molecule has 0 saturated carbocycles. The molecule has 0 unspecified atom stereocenters. The van der Waals surface area contributed by atoms with Gasteiger partial charge in [-0.3, -0.25) is 0 Å². The van der Waals surface area contributed by atoms with E-state index in [0.717, 1.165) is 6.42 Å². The van der Waals surface area contributed by atoms with Crippen molar-refractivity contribution in [2.75, 3.05) is 0 Å². The summed E-state index contributed by atoms with van der Waals surface area (Å²) in [4.78, 5) is 0. The Bertz CT molecular complexity index is 643. The molecule has 0 atom stereocenters. The van der Waals surface area contributed by atoms with Crippen LogP contribution < -0.4 is 0 Å². The van der Waals surface area contributed by atoms with Gasteiger partial charge in [0, 0.05) is 0 Å². The minimum Gasteiger partial charge on any atom is -0.0801 e. The molecule has 1 aliphatic rings. The van der Waals surface area contributed by atoms with Gasteiger partial charge in [-0.25, -0.2) is 0 Å². The highest BCUT2D eigenvalue weighted by Crippen LogP contribution is 2.30. The van der Waals surface area contributed by atoms with E-state index in [1.54, 1.807) is 0 Å². The number of hydrogen-bond donors (Lipinski definition) is 0. The first-order valence-electron chi connectivity index (χ1n) is 6.13. The van der Waals surface area contributed by atoms with Crippen molar-refractivity contribution in [1.82, 2.24) is 0 Å². The summed E-state index contributed by atoms with van der Waals surface area (Å²) in [6, 6.07) is 8.96. The van der Waals surface area contributed by atoms with Gasteiger partial charge >= 0.3 is 0 Å². The number of rotatable bonds is 0. The maximum Gasteiger partial charge on any atom is -0.0103 e. The number of fused-ring (bicyclic) bond motifs is 3. The first-order chi connectivity index (χ1) is 8.27. The third kappa shape index (κ3) is 1.61. The first-order valence-corrected chi connectivity index (χ1v) is 6.13. The Hall–Kier alpha value is -1.82. The molecule has 0 aromatic heterocycles. The van der Waals surface area contributed by atoms with Crippen LogP contribution >= 0.6 is 0 Å². The second-order valence-electron chi connectivity index (χ2n) is 4.71. The van der Waals surface area contributed by atoms with Crippen molar-refractivity contribution in [2.24, 2.45) is 0 Å². The Kier molecular flexibility index (Phi) is 2.36. The molecule has 0 saturated heterocycles. The third-order valence-electron chi connectivity index (χ3n) is 3.67. The van der Waals surface area contributed by atoms with Crippen LogP contribution in [0.4, 0.5) is 0 Å². The fourth-order valence-corrected chi connectivity index (χ4v) is 2.50. The molecule has 0 bridgehead atoms. The van der Waals surface area contributed by atoms with Crippen LogP contribution in [0, 0.1) is 13.8 Å². The van der Waals surface area contributed by atoms with E-state index in [1.165, 1.54) is 33.0 Å². The zero-order chi connectivity index (χ0) is 11.8. The number of hydrogen-bond acceptors (Lipinski definition) is 0. The first kappa shape index (κ1) is 10.3. The summed E-state index contributed by atoms with van der Waals surface area (Å²) in [5, 5.41) is 2.75. The van der Waals surface area contributed by atoms with E-state index < -0.39 is 0 Å². The van der Waals surface area contributed by atoms with Gasteiger partial charge < -0.3 is 0 Å². The molecule has 0 nitrogen and oxygen atoms in total. The van der Waals surface area contributed by atoms with Crippen LogP contribution in [0.1, 0.15) is 28.7 Å². The molecule has 0 fully saturated rings. The third-order valence-corrected chi connectivity index (χ3v) is 3.67. The Morgan fingerprint density at radius 1 is 0.824 bits per heavy atom. The van der Waals surface area contributed by atoms with Crippen molar-refractivity contribution in [1.29, 1.82) is 0 Å². The van der Waals surface area contributed by atoms with Crippen molar-refractivity contribution in [2.45, 2.75) is 20.3 Å². The largest absolute Gasteiger partial charge is 0.0801 e. The molecule has 0 N–H and O–H groups in total. The molecule has 2 aromatic carbocycles. The molecule has 1 aliphatic carbocycles. The van der Waals surface area contributed by atoms with Crippen LogP contribution in [-0.2, 0) is 0 Å². The fraction of sp³-hybridized carbons (Fsp3) is 0.176. The molecule has 2 aromatic rings. The summed E-state index contributed by atoms with van der Waals surface area (Å²) >= 11 is 0. The summed E-state index contributed by atoms with van der Waals surface area (Å²) in [7, 11) is 0. The quantitative estimate of drug-likeness (QED) is 0.593. The Morgan fingerprint density at radius 2 is 1.59 bits per heavy atom. The molecular formula is C17H16. The predicted octanol–water partition coefficient (Wildman–Crippen LogP) is 4.89. The van der Waals surface area contributed by atoms with Crippen LogP contribution in [0.5, 0.6) is 0 Å². The van der Waals surface area contributed by atoms with Crippen molar-refractivity contribution in [3.63, 3.8) is 0 Å². The lowest BCUT2D eigenvalue weighted by Crippen LogP contribution is -1.88. The zero-order valence-electron chi connectivity index (χ0n) is 10.3. The van der Waals surface area contributed by atoms with Gasteiger partial charge in [-0.1, -0.05) is 48.6 Å². The minimum absolute atomic E-state index is 1.03. The predicted molar refractivity (Wildman–Crippen MR) is 76.1 cm³/mol. The molecule has 3 rings (SSSR count). The molecule has 0 aliphatic heterocycles.